The summed E-state index contributed by atoms with van der Waals surface area (Å²) in [5.74, 6) is -1.14. The minimum atomic E-state index is -1.96. The van der Waals surface area contributed by atoms with Crippen molar-refractivity contribution in [3.8, 4) is 11.5 Å². The molecule has 0 bridgehead atoms. The summed E-state index contributed by atoms with van der Waals surface area (Å²) >= 11 is 0. The van der Waals surface area contributed by atoms with Crippen LogP contribution in [0.4, 0.5) is 4.39 Å². The Kier molecular flexibility index (Phi) is 7.07. The predicted octanol–water partition coefficient (Wildman–Crippen LogP) is 3.34. The molecule has 5 rings (SSSR count). The number of hydrogen-bond donors (Lipinski definition) is 2. The monoisotopic (exact) mass is 534 g/mol. The Morgan fingerprint density at radius 1 is 1.15 bits per heavy atom. The highest BCUT2D eigenvalue weighted by Gasteiger charge is 2.42. The van der Waals surface area contributed by atoms with Crippen LogP contribution in [0.5, 0.6) is 11.5 Å². The second-order valence-electron chi connectivity index (χ2n) is 9.49. The van der Waals surface area contributed by atoms with Gasteiger partial charge >= 0.3 is 5.97 Å². The van der Waals surface area contributed by atoms with E-state index in [9.17, 15) is 24.2 Å². The molecule has 1 aliphatic rings. The van der Waals surface area contributed by atoms with Crippen molar-refractivity contribution in [3.63, 3.8) is 0 Å². The summed E-state index contributed by atoms with van der Waals surface area (Å²) in [6.45, 7) is 2.87. The molecule has 202 valence electrons. The average molecular weight is 535 g/mol. The summed E-state index contributed by atoms with van der Waals surface area (Å²) in [5, 5.41) is 20.4. The maximum atomic E-state index is 13.9. The van der Waals surface area contributed by atoms with E-state index in [-0.39, 0.29) is 60.1 Å². The lowest BCUT2D eigenvalue weighted by Gasteiger charge is -2.38. The van der Waals surface area contributed by atoms with Gasteiger partial charge in [0.25, 0.3) is 5.56 Å². The van der Waals surface area contributed by atoms with Gasteiger partial charge in [0.05, 0.1) is 13.2 Å². The van der Waals surface area contributed by atoms with Crippen LogP contribution in [0.3, 0.4) is 0 Å². The second kappa shape index (κ2) is 10.5. The van der Waals surface area contributed by atoms with Crippen LogP contribution in [0.15, 0.2) is 65.6 Å². The number of halogens is 1. The quantitative estimate of drug-likeness (QED) is 0.261. The molecule has 10 heteroatoms. The van der Waals surface area contributed by atoms with Gasteiger partial charge in [-0.2, -0.15) is 0 Å². The number of carbonyl (C=O) groups is 1. The summed E-state index contributed by atoms with van der Waals surface area (Å²) in [7, 11) is 0. The second-order valence-corrected chi connectivity index (χ2v) is 9.49. The van der Waals surface area contributed by atoms with Crippen LogP contribution >= 0.6 is 0 Å². The van der Waals surface area contributed by atoms with Gasteiger partial charge in [-0.25, -0.2) is 9.18 Å². The van der Waals surface area contributed by atoms with Crippen LogP contribution in [0, 0.1) is 5.82 Å². The van der Waals surface area contributed by atoms with Gasteiger partial charge in [-0.15, -0.1) is 0 Å². The molecule has 1 atom stereocenters. The van der Waals surface area contributed by atoms with Crippen molar-refractivity contribution >= 4 is 17.0 Å². The molecular formula is C29H27FN2O7. The van der Waals surface area contributed by atoms with Crippen molar-refractivity contribution in [2.75, 3.05) is 6.61 Å². The number of carbonyl (C=O) groups excluding carboxylic acids is 1. The van der Waals surface area contributed by atoms with Gasteiger partial charge in [0.2, 0.25) is 0 Å². The first-order chi connectivity index (χ1) is 18.7. The predicted molar refractivity (Wildman–Crippen MR) is 139 cm³/mol. The molecule has 0 saturated carbocycles. The molecule has 2 aromatic carbocycles. The molecule has 0 fully saturated rings. The van der Waals surface area contributed by atoms with E-state index < -0.39 is 23.4 Å². The summed E-state index contributed by atoms with van der Waals surface area (Å²) in [6, 6.07) is 15.1. The lowest BCUT2D eigenvalue weighted by atomic mass is 9.99. The Labute approximate surface area is 223 Å². The number of aromatic nitrogens is 2. The van der Waals surface area contributed by atoms with E-state index in [1.54, 1.807) is 19.1 Å². The van der Waals surface area contributed by atoms with E-state index in [4.69, 9.17) is 14.2 Å². The van der Waals surface area contributed by atoms with Crippen LogP contribution in [-0.4, -0.2) is 44.2 Å². The smallest absolute Gasteiger partial charge is 0.347 e. The standard InChI is InChI=1S/C29H27FN2O7/c1-3-37-27(34)21-25(38-15-18-7-5-4-6-8-18)22-23-24(39-29(2,28(35)36)16-32(23)26(21)33)19(14-31-22)13-17-9-11-20(30)12-10-17/h4-12,14,28,35-36H,3,13,15-16H2,1-2H3/t29-/m0/s1. The molecule has 0 amide bonds. The summed E-state index contributed by atoms with van der Waals surface area (Å²) in [4.78, 5) is 31.5. The summed E-state index contributed by atoms with van der Waals surface area (Å²) in [5.41, 5.74) is -0.214. The lowest BCUT2D eigenvalue weighted by Crippen LogP contribution is -2.53. The zero-order valence-electron chi connectivity index (χ0n) is 21.4. The first-order valence-corrected chi connectivity index (χ1v) is 12.4. The summed E-state index contributed by atoms with van der Waals surface area (Å²) < 4.78 is 32.1. The summed E-state index contributed by atoms with van der Waals surface area (Å²) in [6.07, 6.45) is -0.195. The average Bonchev–Trinajstić information content (AvgIpc) is 2.92. The molecule has 4 aromatic rings. The fourth-order valence-electron chi connectivity index (χ4n) is 4.57. The van der Waals surface area contributed by atoms with Gasteiger partial charge < -0.3 is 24.4 Å². The van der Waals surface area contributed by atoms with Crippen LogP contribution in [0.25, 0.3) is 11.0 Å². The fourth-order valence-corrected chi connectivity index (χ4v) is 4.57. The zero-order chi connectivity index (χ0) is 27.7. The number of aliphatic hydroxyl groups excluding tert-OH is 1. The maximum Gasteiger partial charge on any atom is 0.347 e. The molecule has 0 spiro atoms. The van der Waals surface area contributed by atoms with Gasteiger partial charge in [0.1, 0.15) is 23.5 Å². The molecular weight excluding hydrogens is 507 g/mol. The third-order valence-corrected chi connectivity index (χ3v) is 6.62. The van der Waals surface area contributed by atoms with Gasteiger partial charge in [-0.3, -0.25) is 14.3 Å². The number of rotatable bonds is 8. The Balaban J connectivity index is 1.74. The number of pyridine rings is 2. The van der Waals surface area contributed by atoms with E-state index >= 15 is 0 Å². The highest BCUT2D eigenvalue weighted by molar-refractivity contribution is 6.00. The van der Waals surface area contributed by atoms with Gasteiger partial charge in [-0.05, 0) is 37.1 Å². The third kappa shape index (κ3) is 4.96. The van der Waals surface area contributed by atoms with Crippen molar-refractivity contribution in [1.82, 2.24) is 9.55 Å². The molecule has 0 unspecified atom stereocenters. The number of hydrogen-bond acceptors (Lipinski definition) is 8. The van der Waals surface area contributed by atoms with Crippen molar-refractivity contribution in [1.29, 1.82) is 0 Å². The first kappa shape index (κ1) is 26.3. The minimum Gasteiger partial charge on any atom is -0.485 e. The Morgan fingerprint density at radius 2 is 1.87 bits per heavy atom. The highest BCUT2D eigenvalue weighted by Crippen LogP contribution is 2.41. The fraction of sp³-hybridized carbons (Fsp3) is 0.276. The molecule has 0 saturated heterocycles. The Hall–Kier alpha value is -4.28. The van der Waals surface area contributed by atoms with E-state index in [1.165, 1.54) is 29.8 Å². The van der Waals surface area contributed by atoms with Crippen molar-refractivity contribution in [3.05, 3.63) is 99.2 Å². The Bertz CT molecular complexity index is 1590. The van der Waals surface area contributed by atoms with Crippen molar-refractivity contribution in [2.24, 2.45) is 0 Å². The van der Waals surface area contributed by atoms with E-state index in [1.807, 2.05) is 30.3 Å². The highest BCUT2D eigenvalue weighted by atomic mass is 19.1. The van der Waals surface area contributed by atoms with Gasteiger partial charge in [0, 0.05) is 18.2 Å². The largest absolute Gasteiger partial charge is 0.485 e. The zero-order valence-corrected chi connectivity index (χ0v) is 21.4. The van der Waals surface area contributed by atoms with Crippen molar-refractivity contribution < 1.29 is 33.6 Å². The minimum absolute atomic E-state index is 0.0277. The SMILES string of the molecule is CCOC(=O)c1c(OCc2ccccc2)c2ncc(Cc3ccc(F)cc3)c3c2n(c1=O)C[C@@](C)(C(O)O)O3. The van der Waals surface area contributed by atoms with Crippen LogP contribution in [-0.2, 0) is 24.3 Å². The molecule has 9 nitrogen and oxygen atoms in total. The van der Waals surface area contributed by atoms with Gasteiger partial charge in [0.15, 0.2) is 29.0 Å². The van der Waals surface area contributed by atoms with E-state index in [0.29, 0.717) is 5.56 Å². The maximum absolute atomic E-state index is 13.9. The van der Waals surface area contributed by atoms with E-state index in [0.717, 1.165) is 11.1 Å². The normalized spacial score (nSPS) is 16.3. The number of aliphatic hydroxyl groups is 2. The van der Waals surface area contributed by atoms with Crippen molar-refractivity contribution in [2.45, 2.75) is 45.3 Å². The third-order valence-electron chi connectivity index (χ3n) is 6.62. The molecule has 0 radical (unpaired) electrons. The Morgan fingerprint density at radius 3 is 2.54 bits per heavy atom. The molecule has 2 aromatic heterocycles. The molecule has 3 heterocycles. The number of esters is 1. The topological polar surface area (TPSA) is 120 Å². The van der Waals surface area contributed by atoms with Crippen LogP contribution in [0.2, 0.25) is 0 Å². The number of ether oxygens (including phenoxy) is 3. The van der Waals surface area contributed by atoms with Crippen LogP contribution < -0.4 is 15.0 Å². The van der Waals surface area contributed by atoms with E-state index in [2.05, 4.69) is 4.98 Å². The molecule has 1 aliphatic heterocycles. The van der Waals surface area contributed by atoms with Gasteiger partial charge in [-0.1, -0.05) is 42.5 Å². The first-order valence-electron chi connectivity index (χ1n) is 12.4. The molecule has 39 heavy (non-hydrogen) atoms. The molecule has 2 N–H and O–H groups in total. The lowest BCUT2D eigenvalue weighted by molar-refractivity contribution is -0.171. The van der Waals surface area contributed by atoms with Crippen LogP contribution in [0.1, 0.15) is 40.9 Å². The number of nitrogens with zero attached hydrogens (tertiary/aromatic N) is 2. The molecule has 0 aliphatic carbocycles. The number of benzene rings is 2.